The molecule has 1 N–H and O–H groups in total. The van der Waals surface area contributed by atoms with Crippen LogP contribution in [0, 0.1) is 5.92 Å². The summed E-state index contributed by atoms with van der Waals surface area (Å²) in [6.45, 7) is 4.98. The van der Waals surface area contributed by atoms with Gasteiger partial charge in [-0.3, -0.25) is 0 Å². The van der Waals surface area contributed by atoms with Crippen LogP contribution in [0.5, 0.6) is 0 Å². The Morgan fingerprint density at radius 3 is 2.29 bits per heavy atom. The van der Waals surface area contributed by atoms with Gasteiger partial charge in [0.05, 0.1) is 0 Å². The fourth-order valence-corrected chi connectivity index (χ4v) is 2.73. The molecule has 1 aliphatic heterocycles. The Morgan fingerprint density at radius 1 is 1.24 bits per heavy atom. The smallest absolute Gasteiger partial charge is 0.303 e. The summed E-state index contributed by atoms with van der Waals surface area (Å²) in [6, 6.07) is 0.345. The van der Waals surface area contributed by atoms with E-state index in [0.717, 1.165) is 13.0 Å². The van der Waals surface area contributed by atoms with Gasteiger partial charge in [-0.25, -0.2) is 0 Å². The number of likely N-dealkylation sites (tertiary alicyclic amines) is 1. The van der Waals surface area contributed by atoms with E-state index in [4.69, 9.17) is 0 Å². The Kier molecular flexibility index (Phi) is 3.19. The summed E-state index contributed by atoms with van der Waals surface area (Å²) in [4.78, 5) is 2.22. The molecule has 0 aromatic heterocycles. The molecule has 1 saturated carbocycles. The van der Waals surface area contributed by atoms with Gasteiger partial charge >= 0.3 is 6.18 Å². The fraction of sp³-hybridized carbons (Fsp3) is 1.00. The summed E-state index contributed by atoms with van der Waals surface area (Å²) in [7, 11) is 2.04. The van der Waals surface area contributed by atoms with Gasteiger partial charge < -0.3 is 10.2 Å². The van der Waals surface area contributed by atoms with E-state index >= 15 is 0 Å². The average Bonchev–Trinajstić information content (AvgIpc) is 2.94. The summed E-state index contributed by atoms with van der Waals surface area (Å²) in [6.07, 6.45) is -2.82. The van der Waals surface area contributed by atoms with Crippen LogP contribution in [0.4, 0.5) is 13.2 Å². The van der Waals surface area contributed by atoms with Gasteiger partial charge in [-0.1, -0.05) is 6.92 Å². The molecule has 0 radical (unpaired) electrons. The summed E-state index contributed by atoms with van der Waals surface area (Å²) >= 11 is 0. The van der Waals surface area contributed by atoms with E-state index in [1.54, 1.807) is 0 Å². The van der Waals surface area contributed by atoms with Gasteiger partial charge in [0.1, 0.15) is 5.54 Å². The van der Waals surface area contributed by atoms with Crippen molar-refractivity contribution < 1.29 is 13.2 Å². The number of hydrogen-bond acceptors (Lipinski definition) is 2. The van der Waals surface area contributed by atoms with E-state index in [2.05, 4.69) is 17.1 Å². The maximum absolute atomic E-state index is 12.9. The number of nitrogens with zero attached hydrogens (tertiary/aromatic N) is 1. The number of hydrogen-bond donors (Lipinski definition) is 1. The lowest BCUT2D eigenvalue weighted by Crippen LogP contribution is -2.57. The minimum Gasteiger partial charge on any atom is -0.303 e. The normalized spacial score (nSPS) is 38.1. The molecular formula is C12H21F3N2. The SMILES string of the molecule is CC1CN(C)C(C)CC1NC1(C(F)(F)F)CC1. The van der Waals surface area contributed by atoms with E-state index in [1.165, 1.54) is 0 Å². The third-order valence-electron chi connectivity index (χ3n) is 4.36. The zero-order valence-corrected chi connectivity index (χ0v) is 10.6. The molecule has 2 fully saturated rings. The van der Waals surface area contributed by atoms with E-state index in [9.17, 15) is 13.2 Å². The molecule has 3 atom stereocenters. The Morgan fingerprint density at radius 2 is 1.82 bits per heavy atom. The molecular weight excluding hydrogens is 229 g/mol. The number of piperidine rings is 1. The Balaban J connectivity index is 2.00. The van der Waals surface area contributed by atoms with Gasteiger partial charge in [0.2, 0.25) is 0 Å². The second-order valence-electron chi connectivity index (χ2n) is 5.83. The fourth-order valence-electron chi connectivity index (χ4n) is 2.73. The lowest BCUT2D eigenvalue weighted by molar-refractivity contribution is -0.170. The minimum atomic E-state index is -4.10. The van der Waals surface area contributed by atoms with Crippen LogP contribution in [0.15, 0.2) is 0 Å². The Bertz CT molecular complexity index is 286. The second kappa shape index (κ2) is 4.12. The molecule has 2 nitrogen and oxygen atoms in total. The molecule has 2 aliphatic rings. The summed E-state index contributed by atoms with van der Waals surface area (Å²) < 4.78 is 38.6. The van der Waals surface area contributed by atoms with Gasteiger partial charge in [-0.05, 0) is 39.2 Å². The highest BCUT2D eigenvalue weighted by Crippen LogP contribution is 2.49. The van der Waals surface area contributed by atoms with Gasteiger partial charge in [0, 0.05) is 18.6 Å². The summed E-state index contributed by atoms with van der Waals surface area (Å²) in [5.41, 5.74) is -1.57. The van der Waals surface area contributed by atoms with E-state index in [1.807, 2.05) is 14.0 Å². The van der Waals surface area contributed by atoms with Crippen LogP contribution in [0.3, 0.4) is 0 Å². The summed E-state index contributed by atoms with van der Waals surface area (Å²) in [5, 5.41) is 2.90. The lowest BCUT2D eigenvalue weighted by atomic mass is 9.89. The zero-order chi connectivity index (χ0) is 12.8. The van der Waals surface area contributed by atoms with Crippen molar-refractivity contribution in [1.82, 2.24) is 10.2 Å². The minimum absolute atomic E-state index is 0.00896. The van der Waals surface area contributed by atoms with Crippen LogP contribution >= 0.6 is 0 Å². The second-order valence-corrected chi connectivity index (χ2v) is 5.83. The highest BCUT2D eigenvalue weighted by molar-refractivity contribution is 5.10. The third kappa shape index (κ3) is 2.45. The molecule has 0 aromatic carbocycles. The Labute approximate surface area is 101 Å². The maximum atomic E-state index is 12.9. The monoisotopic (exact) mass is 250 g/mol. The number of nitrogens with one attached hydrogen (secondary N) is 1. The van der Waals surface area contributed by atoms with E-state index < -0.39 is 11.7 Å². The zero-order valence-electron chi connectivity index (χ0n) is 10.6. The number of halogens is 3. The first-order valence-corrected chi connectivity index (χ1v) is 6.30. The van der Waals surface area contributed by atoms with Crippen LogP contribution in [0.25, 0.3) is 0 Å². The van der Waals surface area contributed by atoms with Gasteiger partial charge in [-0.2, -0.15) is 13.2 Å². The number of rotatable bonds is 2. The highest BCUT2D eigenvalue weighted by atomic mass is 19.4. The van der Waals surface area contributed by atoms with Gasteiger partial charge in [-0.15, -0.1) is 0 Å². The van der Waals surface area contributed by atoms with Crippen LogP contribution in [0.2, 0.25) is 0 Å². The molecule has 2 rings (SSSR count). The molecule has 0 amide bonds. The molecule has 3 unspecified atom stereocenters. The van der Waals surface area contributed by atoms with Gasteiger partial charge in [0.25, 0.3) is 0 Å². The molecule has 1 saturated heterocycles. The predicted octanol–water partition coefficient (Wildman–Crippen LogP) is 2.40. The van der Waals surface area contributed by atoms with E-state index in [0.29, 0.717) is 6.04 Å². The van der Waals surface area contributed by atoms with Crippen LogP contribution in [0.1, 0.15) is 33.1 Å². The molecule has 17 heavy (non-hydrogen) atoms. The standard InChI is InChI=1S/C12H21F3N2/c1-8-7-17(3)9(2)6-10(8)16-11(4-5-11)12(13,14)15/h8-10,16H,4-7H2,1-3H3. The first-order valence-electron chi connectivity index (χ1n) is 6.30. The van der Waals surface area contributed by atoms with Crippen molar-refractivity contribution in [3.63, 3.8) is 0 Å². The topological polar surface area (TPSA) is 15.3 Å². The van der Waals surface area contributed by atoms with Crippen molar-refractivity contribution in [3.05, 3.63) is 0 Å². The van der Waals surface area contributed by atoms with Crippen molar-refractivity contribution in [2.75, 3.05) is 13.6 Å². The molecule has 1 aliphatic carbocycles. The Hall–Kier alpha value is -0.290. The van der Waals surface area contributed by atoms with E-state index in [-0.39, 0.29) is 24.8 Å². The number of alkyl halides is 3. The quantitative estimate of drug-likeness (QED) is 0.809. The summed E-state index contributed by atoms with van der Waals surface area (Å²) in [5.74, 6) is 0.274. The average molecular weight is 250 g/mol. The van der Waals surface area contributed by atoms with Crippen molar-refractivity contribution in [3.8, 4) is 0 Å². The van der Waals surface area contributed by atoms with Gasteiger partial charge in [0.15, 0.2) is 0 Å². The first kappa shape index (κ1) is 13.1. The third-order valence-corrected chi connectivity index (χ3v) is 4.36. The molecule has 5 heteroatoms. The molecule has 100 valence electrons. The first-order chi connectivity index (χ1) is 7.75. The van der Waals surface area contributed by atoms with Crippen LogP contribution < -0.4 is 5.32 Å². The van der Waals surface area contributed by atoms with Crippen molar-refractivity contribution in [2.45, 2.75) is 56.9 Å². The largest absolute Gasteiger partial charge is 0.406 e. The molecule has 0 spiro atoms. The molecule has 1 heterocycles. The maximum Gasteiger partial charge on any atom is 0.406 e. The molecule has 0 aromatic rings. The van der Waals surface area contributed by atoms with Crippen molar-refractivity contribution in [1.29, 1.82) is 0 Å². The van der Waals surface area contributed by atoms with Crippen LogP contribution in [-0.2, 0) is 0 Å². The van der Waals surface area contributed by atoms with Crippen molar-refractivity contribution in [2.24, 2.45) is 5.92 Å². The predicted molar refractivity (Wildman–Crippen MR) is 60.8 cm³/mol. The highest BCUT2D eigenvalue weighted by Gasteiger charge is 2.64. The van der Waals surface area contributed by atoms with Crippen molar-refractivity contribution >= 4 is 0 Å². The molecule has 0 bridgehead atoms. The lowest BCUT2D eigenvalue weighted by Gasteiger charge is -2.42. The van der Waals surface area contributed by atoms with Crippen LogP contribution in [-0.4, -0.2) is 42.3 Å².